The summed E-state index contributed by atoms with van der Waals surface area (Å²) < 4.78 is 22.6. The molecule has 5 rings (SSSR count). The zero-order chi connectivity index (χ0) is 23.1. The van der Waals surface area contributed by atoms with Crippen LogP contribution >= 0.6 is 22.9 Å². The molecule has 3 aromatic heterocycles. The highest BCUT2D eigenvalue weighted by molar-refractivity contribution is 7.19. The van der Waals surface area contributed by atoms with Crippen LogP contribution in [0.3, 0.4) is 0 Å². The minimum absolute atomic E-state index is 0.138. The molecule has 170 valence electrons. The van der Waals surface area contributed by atoms with E-state index in [0.29, 0.717) is 23.6 Å². The number of halogens is 2. The van der Waals surface area contributed by atoms with Gasteiger partial charge in [0.05, 0.1) is 16.8 Å². The van der Waals surface area contributed by atoms with Gasteiger partial charge in [0.25, 0.3) is 5.56 Å². The van der Waals surface area contributed by atoms with Crippen LogP contribution in [-0.4, -0.2) is 26.8 Å². The Labute approximate surface area is 197 Å². The predicted molar refractivity (Wildman–Crippen MR) is 128 cm³/mol. The first-order valence-corrected chi connectivity index (χ1v) is 11.9. The van der Waals surface area contributed by atoms with E-state index in [-0.39, 0.29) is 12.1 Å². The van der Waals surface area contributed by atoms with Crippen molar-refractivity contribution >= 4 is 33.2 Å². The Morgan fingerprint density at radius 1 is 1.24 bits per heavy atom. The summed E-state index contributed by atoms with van der Waals surface area (Å²) in [6.45, 7) is 2.04. The number of alkyl halides is 1. The summed E-state index contributed by atoms with van der Waals surface area (Å²) >= 11 is 7.84. The van der Waals surface area contributed by atoms with E-state index in [1.807, 2.05) is 31.2 Å². The molecule has 9 heteroatoms. The fourth-order valence-electron chi connectivity index (χ4n) is 4.29. The van der Waals surface area contributed by atoms with E-state index < -0.39 is 18.0 Å². The number of aromatic amines is 1. The van der Waals surface area contributed by atoms with Crippen molar-refractivity contribution in [3.8, 4) is 16.9 Å². The van der Waals surface area contributed by atoms with E-state index >= 15 is 0 Å². The van der Waals surface area contributed by atoms with Crippen molar-refractivity contribution in [1.29, 1.82) is 0 Å². The summed E-state index contributed by atoms with van der Waals surface area (Å²) in [6.07, 6.45) is 3.57. The van der Waals surface area contributed by atoms with Crippen LogP contribution in [0.1, 0.15) is 29.7 Å². The van der Waals surface area contributed by atoms with Gasteiger partial charge in [-0.3, -0.25) is 14.3 Å². The number of ether oxygens (including phenoxy) is 1. The van der Waals surface area contributed by atoms with Gasteiger partial charge in [-0.1, -0.05) is 11.6 Å². The molecule has 0 bridgehead atoms. The third kappa shape index (κ3) is 4.20. The lowest BCUT2D eigenvalue weighted by atomic mass is 10.0. The first-order chi connectivity index (χ1) is 15.9. The Balaban J connectivity index is 1.61. The molecular formula is C24H21ClFN3O3S. The Morgan fingerprint density at radius 3 is 2.85 bits per heavy atom. The number of nitrogens with zero attached hydrogens (tertiary/aromatic N) is 2. The van der Waals surface area contributed by atoms with Gasteiger partial charge in [-0.25, -0.2) is 9.18 Å². The van der Waals surface area contributed by atoms with Crippen LogP contribution in [0, 0.1) is 6.92 Å². The van der Waals surface area contributed by atoms with Crippen molar-refractivity contribution in [2.45, 2.75) is 45.0 Å². The average molecular weight is 486 g/mol. The lowest BCUT2D eigenvalue weighted by Crippen LogP contribution is -2.33. The summed E-state index contributed by atoms with van der Waals surface area (Å²) in [5.41, 5.74) is 2.37. The molecule has 0 unspecified atom stereocenters. The van der Waals surface area contributed by atoms with E-state index in [1.165, 1.54) is 23.6 Å². The zero-order valence-electron chi connectivity index (χ0n) is 17.8. The molecule has 1 N–H and O–H groups in total. The van der Waals surface area contributed by atoms with Gasteiger partial charge in [-0.15, -0.1) is 11.3 Å². The molecule has 0 aliphatic heterocycles. The molecule has 0 saturated heterocycles. The van der Waals surface area contributed by atoms with Crippen LogP contribution < -0.4 is 16.0 Å². The highest BCUT2D eigenvalue weighted by Gasteiger charge is 2.30. The van der Waals surface area contributed by atoms with Crippen LogP contribution in [0.25, 0.3) is 21.3 Å². The highest BCUT2D eigenvalue weighted by Crippen LogP contribution is 2.42. The quantitative estimate of drug-likeness (QED) is 0.427. The van der Waals surface area contributed by atoms with Gasteiger partial charge in [-0.05, 0) is 56.0 Å². The third-order valence-corrected chi connectivity index (χ3v) is 7.25. The first kappa shape index (κ1) is 21.9. The maximum atomic E-state index is 14.3. The average Bonchev–Trinajstić information content (AvgIpc) is 3.38. The Hall–Kier alpha value is -2.97. The molecule has 4 aromatic rings. The van der Waals surface area contributed by atoms with Crippen molar-refractivity contribution in [2.24, 2.45) is 0 Å². The van der Waals surface area contributed by atoms with Gasteiger partial charge in [0, 0.05) is 39.5 Å². The molecule has 2 atom stereocenters. The molecule has 6 nitrogen and oxygen atoms in total. The van der Waals surface area contributed by atoms with Crippen molar-refractivity contribution in [3.63, 3.8) is 0 Å². The first-order valence-electron chi connectivity index (χ1n) is 10.7. The second-order valence-electron chi connectivity index (χ2n) is 8.20. The van der Waals surface area contributed by atoms with Crippen LogP contribution in [0.5, 0.6) is 5.75 Å². The standard InChI is InChI=1S/C24H21ClFN3O3S/c1-13-9-14(25)10-17(22(13)32-20-4-2-3-18(20)26)16-5-7-27-19-11-15(33-23(16)19)12-29-21(30)6-8-28-24(29)31/h5-11,18,20H,2-4,12H2,1H3,(H,28,31)/t18-,20+/m0/s1. The maximum Gasteiger partial charge on any atom is 0.328 e. The molecule has 1 saturated carbocycles. The van der Waals surface area contributed by atoms with E-state index in [9.17, 15) is 14.0 Å². The summed E-state index contributed by atoms with van der Waals surface area (Å²) in [5, 5.41) is 0.558. The summed E-state index contributed by atoms with van der Waals surface area (Å²) in [4.78, 5) is 32.0. The number of rotatable bonds is 5. The zero-order valence-corrected chi connectivity index (χ0v) is 19.4. The second-order valence-corrected chi connectivity index (χ2v) is 9.77. The fourth-order valence-corrected chi connectivity index (χ4v) is 5.69. The lowest BCUT2D eigenvalue weighted by molar-refractivity contribution is 0.125. The monoisotopic (exact) mass is 485 g/mol. The second kappa shape index (κ2) is 8.76. The number of nitrogens with one attached hydrogen (secondary N) is 1. The van der Waals surface area contributed by atoms with Crippen LogP contribution in [0.4, 0.5) is 4.39 Å². The van der Waals surface area contributed by atoms with E-state index in [4.69, 9.17) is 16.3 Å². The van der Waals surface area contributed by atoms with Gasteiger partial charge in [0.2, 0.25) is 0 Å². The van der Waals surface area contributed by atoms with Gasteiger partial charge in [0.1, 0.15) is 18.0 Å². The van der Waals surface area contributed by atoms with Crippen LogP contribution in [0.2, 0.25) is 5.02 Å². The Kier molecular flexibility index (Phi) is 5.80. The molecule has 33 heavy (non-hydrogen) atoms. The predicted octanol–water partition coefficient (Wildman–Crippen LogP) is 5.09. The third-order valence-electron chi connectivity index (χ3n) is 5.89. The number of benzene rings is 1. The number of hydrogen-bond acceptors (Lipinski definition) is 5. The Morgan fingerprint density at radius 2 is 2.09 bits per heavy atom. The highest BCUT2D eigenvalue weighted by atomic mass is 35.5. The number of H-pyrrole nitrogens is 1. The van der Waals surface area contributed by atoms with Gasteiger partial charge >= 0.3 is 5.69 Å². The van der Waals surface area contributed by atoms with Gasteiger partial charge < -0.3 is 9.72 Å². The van der Waals surface area contributed by atoms with Gasteiger partial charge in [-0.2, -0.15) is 0 Å². The molecule has 1 aliphatic rings. The molecule has 0 spiro atoms. The maximum absolute atomic E-state index is 14.3. The number of pyridine rings is 1. The minimum Gasteiger partial charge on any atom is -0.486 e. The topological polar surface area (TPSA) is 77.0 Å². The molecule has 3 heterocycles. The molecule has 1 aliphatic carbocycles. The summed E-state index contributed by atoms with van der Waals surface area (Å²) in [6, 6.07) is 8.71. The molecule has 0 amide bonds. The minimum atomic E-state index is -0.985. The molecular weight excluding hydrogens is 465 g/mol. The Bertz CT molecular complexity index is 1430. The number of fused-ring (bicyclic) bond motifs is 1. The van der Waals surface area contributed by atoms with Crippen molar-refractivity contribution in [3.05, 3.63) is 79.0 Å². The van der Waals surface area contributed by atoms with Crippen LogP contribution in [0.15, 0.2) is 52.3 Å². The summed E-state index contributed by atoms with van der Waals surface area (Å²) in [7, 11) is 0. The number of aromatic nitrogens is 3. The number of aryl methyl sites for hydroxylation is 1. The largest absolute Gasteiger partial charge is 0.486 e. The normalized spacial score (nSPS) is 18.2. The van der Waals surface area contributed by atoms with E-state index in [1.54, 1.807) is 6.20 Å². The van der Waals surface area contributed by atoms with Gasteiger partial charge in [0.15, 0.2) is 0 Å². The smallest absolute Gasteiger partial charge is 0.328 e. The molecule has 1 fully saturated rings. The lowest BCUT2D eigenvalue weighted by Gasteiger charge is -2.21. The van der Waals surface area contributed by atoms with E-state index in [2.05, 4.69) is 9.97 Å². The molecule has 0 radical (unpaired) electrons. The van der Waals surface area contributed by atoms with Crippen molar-refractivity contribution in [1.82, 2.24) is 14.5 Å². The SMILES string of the molecule is Cc1cc(Cl)cc(-c2ccnc3cc(Cn4c(=O)cc[nH]c4=O)sc23)c1O[C@@H]1CCC[C@@H]1F. The van der Waals surface area contributed by atoms with Crippen molar-refractivity contribution < 1.29 is 9.13 Å². The van der Waals surface area contributed by atoms with Crippen LogP contribution in [-0.2, 0) is 6.54 Å². The number of hydrogen-bond donors (Lipinski definition) is 1. The fraction of sp³-hybridized carbons (Fsp3) is 0.292. The van der Waals surface area contributed by atoms with E-state index in [0.717, 1.165) is 42.8 Å². The number of thiophene rings is 1. The molecule has 1 aromatic carbocycles. The van der Waals surface area contributed by atoms with Crippen molar-refractivity contribution in [2.75, 3.05) is 0 Å². The summed E-state index contributed by atoms with van der Waals surface area (Å²) in [5.74, 6) is 0.618.